The normalized spacial score (nSPS) is 10.0. The average Bonchev–Trinajstić information content (AvgIpc) is 2.35. The van der Waals surface area contributed by atoms with Crippen LogP contribution in [0.4, 0.5) is 0 Å². The van der Waals surface area contributed by atoms with Gasteiger partial charge in [-0.1, -0.05) is 45.1 Å². The summed E-state index contributed by atoms with van der Waals surface area (Å²) in [4.78, 5) is 20.9. The lowest BCUT2D eigenvalue weighted by molar-refractivity contribution is -0.305. The number of aliphatic carboxylic acids is 1. The zero-order valence-corrected chi connectivity index (χ0v) is 11.0. The lowest BCUT2D eigenvalue weighted by atomic mass is 10.1. The highest BCUT2D eigenvalue weighted by atomic mass is 16.5. The smallest absolute Gasteiger partial charge is 0.330 e. The second kappa shape index (κ2) is 12.1. The number of ether oxygens (including phenoxy) is 1. The van der Waals surface area contributed by atoms with E-state index in [9.17, 15) is 14.7 Å². The van der Waals surface area contributed by atoms with Crippen LogP contribution in [0.3, 0.4) is 0 Å². The molecule has 0 rings (SSSR count). The van der Waals surface area contributed by atoms with Gasteiger partial charge >= 0.3 is 5.97 Å². The summed E-state index contributed by atoms with van der Waals surface area (Å²) in [6, 6.07) is 0. The first-order valence-corrected chi connectivity index (χ1v) is 6.66. The van der Waals surface area contributed by atoms with Crippen molar-refractivity contribution in [3.63, 3.8) is 0 Å². The van der Waals surface area contributed by atoms with Gasteiger partial charge in [-0.3, -0.25) is 0 Å². The summed E-state index contributed by atoms with van der Waals surface area (Å²) >= 11 is 0. The molecule has 0 aromatic heterocycles. The van der Waals surface area contributed by atoms with Crippen molar-refractivity contribution in [1.29, 1.82) is 0 Å². The van der Waals surface area contributed by atoms with Crippen molar-refractivity contribution >= 4 is 11.9 Å². The van der Waals surface area contributed by atoms with Gasteiger partial charge in [0.1, 0.15) is 0 Å². The summed E-state index contributed by atoms with van der Waals surface area (Å²) in [6.07, 6.45) is 9.49. The number of hydrogen-bond acceptors (Lipinski definition) is 4. The summed E-state index contributed by atoms with van der Waals surface area (Å²) in [5.41, 5.74) is 0. The van der Waals surface area contributed by atoms with Gasteiger partial charge in [-0.15, -0.1) is 0 Å². The summed E-state index contributed by atoms with van der Waals surface area (Å²) in [5, 5.41) is 10.2. The first-order chi connectivity index (χ1) is 8.66. The maximum absolute atomic E-state index is 10.7. The lowest BCUT2D eigenvalue weighted by Crippen LogP contribution is -2.21. The van der Waals surface area contributed by atoms with E-state index in [0.717, 1.165) is 51.4 Å². The minimum Gasteiger partial charge on any atom is -0.550 e. The lowest BCUT2D eigenvalue weighted by Gasteiger charge is -2.03. The van der Waals surface area contributed by atoms with Gasteiger partial charge in [0.25, 0.3) is 0 Å². The molecular weight excluding hydrogens is 232 g/mol. The molecule has 0 saturated heterocycles. The number of unbranched alkanes of at least 4 members (excludes halogenated alkanes) is 7. The first kappa shape index (κ1) is 16.7. The fourth-order valence-corrected chi connectivity index (χ4v) is 1.66. The molecule has 18 heavy (non-hydrogen) atoms. The van der Waals surface area contributed by atoms with E-state index in [4.69, 9.17) is 4.74 Å². The molecule has 0 amide bonds. The number of carboxylic acids is 1. The summed E-state index contributed by atoms with van der Waals surface area (Å²) in [5.74, 6) is -1.31. The van der Waals surface area contributed by atoms with Crippen molar-refractivity contribution in [2.24, 2.45) is 0 Å². The molecule has 0 aliphatic carbocycles. The Kier molecular flexibility index (Phi) is 11.3. The van der Waals surface area contributed by atoms with Crippen LogP contribution in [0.2, 0.25) is 0 Å². The summed E-state index contributed by atoms with van der Waals surface area (Å²) in [6.45, 7) is 3.79. The van der Waals surface area contributed by atoms with Crippen molar-refractivity contribution in [2.75, 3.05) is 6.61 Å². The maximum atomic E-state index is 10.7. The Morgan fingerprint density at radius 2 is 1.44 bits per heavy atom. The second-order valence-corrected chi connectivity index (χ2v) is 4.32. The topological polar surface area (TPSA) is 66.4 Å². The van der Waals surface area contributed by atoms with Gasteiger partial charge < -0.3 is 14.6 Å². The van der Waals surface area contributed by atoms with E-state index in [2.05, 4.69) is 6.58 Å². The molecular formula is C14H23O4-. The van der Waals surface area contributed by atoms with E-state index in [1.807, 2.05) is 0 Å². The third-order valence-corrected chi connectivity index (χ3v) is 2.69. The zero-order chi connectivity index (χ0) is 13.6. The Morgan fingerprint density at radius 1 is 0.944 bits per heavy atom. The Labute approximate surface area is 109 Å². The van der Waals surface area contributed by atoms with E-state index >= 15 is 0 Å². The fraction of sp³-hybridized carbons (Fsp3) is 0.714. The maximum Gasteiger partial charge on any atom is 0.330 e. The van der Waals surface area contributed by atoms with E-state index in [1.54, 1.807) is 0 Å². The second-order valence-electron chi connectivity index (χ2n) is 4.32. The van der Waals surface area contributed by atoms with E-state index in [1.165, 1.54) is 6.08 Å². The van der Waals surface area contributed by atoms with Crippen LogP contribution in [-0.2, 0) is 14.3 Å². The SMILES string of the molecule is C=CC(=O)OCCCCCCCCCCC(=O)[O-]. The number of carbonyl (C=O) groups is 2. The van der Waals surface area contributed by atoms with E-state index in [0.29, 0.717) is 6.61 Å². The Balaban J connectivity index is 3.05. The van der Waals surface area contributed by atoms with Crippen LogP contribution < -0.4 is 5.11 Å². The number of carbonyl (C=O) groups excluding carboxylic acids is 2. The fourth-order valence-electron chi connectivity index (χ4n) is 1.66. The molecule has 0 bridgehead atoms. The van der Waals surface area contributed by atoms with Gasteiger partial charge in [-0.05, 0) is 19.3 Å². The van der Waals surface area contributed by atoms with E-state index < -0.39 is 5.97 Å². The molecule has 0 aromatic rings. The molecule has 0 saturated carbocycles. The van der Waals surface area contributed by atoms with Gasteiger partial charge in [0.05, 0.1) is 6.61 Å². The van der Waals surface area contributed by atoms with Gasteiger partial charge in [0, 0.05) is 12.0 Å². The van der Waals surface area contributed by atoms with Crippen molar-refractivity contribution < 1.29 is 19.4 Å². The number of rotatable bonds is 12. The molecule has 0 atom stereocenters. The molecule has 0 spiro atoms. The number of carboxylic acid groups (broad SMARTS) is 1. The minimum atomic E-state index is -0.955. The quantitative estimate of drug-likeness (QED) is 0.304. The summed E-state index contributed by atoms with van der Waals surface area (Å²) in [7, 11) is 0. The van der Waals surface area contributed by atoms with Crippen molar-refractivity contribution in [2.45, 2.75) is 57.8 Å². The van der Waals surface area contributed by atoms with Crippen LogP contribution in [0.1, 0.15) is 57.8 Å². The molecule has 0 radical (unpaired) electrons. The van der Waals surface area contributed by atoms with Crippen molar-refractivity contribution in [3.05, 3.63) is 12.7 Å². The Morgan fingerprint density at radius 3 is 1.94 bits per heavy atom. The molecule has 0 heterocycles. The van der Waals surface area contributed by atoms with Crippen molar-refractivity contribution in [1.82, 2.24) is 0 Å². The predicted octanol–water partition coefficient (Wildman–Crippen LogP) is 1.98. The molecule has 104 valence electrons. The molecule has 0 fully saturated rings. The highest BCUT2D eigenvalue weighted by Gasteiger charge is 1.96. The van der Waals surface area contributed by atoms with Crippen molar-refractivity contribution in [3.8, 4) is 0 Å². The Hall–Kier alpha value is -1.32. The van der Waals surface area contributed by atoms with Gasteiger partial charge in [-0.2, -0.15) is 0 Å². The Bertz CT molecular complexity index is 248. The third-order valence-electron chi connectivity index (χ3n) is 2.69. The third kappa shape index (κ3) is 12.7. The number of esters is 1. The largest absolute Gasteiger partial charge is 0.550 e. The van der Waals surface area contributed by atoms with Crippen LogP contribution in [0.15, 0.2) is 12.7 Å². The standard InChI is InChI=1S/C14H24O4/c1-2-14(17)18-12-10-8-6-4-3-5-7-9-11-13(15)16/h2H,1,3-12H2,(H,15,16)/p-1. The molecule has 4 heteroatoms. The molecule has 4 nitrogen and oxygen atoms in total. The first-order valence-electron chi connectivity index (χ1n) is 6.66. The van der Waals surface area contributed by atoms with E-state index in [-0.39, 0.29) is 12.4 Å². The van der Waals surface area contributed by atoms with Gasteiger partial charge in [-0.25, -0.2) is 4.79 Å². The van der Waals surface area contributed by atoms with Crippen LogP contribution in [0.5, 0.6) is 0 Å². The molecule has 0 aromatic carbocycles. The molecule has 0 N–H and O–H groups in total. The minimum absolute atomic E-state index is 0.175. The van der Waals surface area contributed by atoms with Gasteiger partial charge in [0.15, 0.2) is 0 Å². The van der Waals surface area contributed by atoms with Crippen LogP contribution in [0.25, 0.3) is 0 Å². The van der Waals surface area contributed by atoms with Gasteiger partial charge in [0.2, 0.25) is 0 Å². The molecule has 0 unspecified atom stereocenters. The van der Waals surface area contributed by atoms with Crippen LogP contribution >= 0.6 is 0 Å². The highest BCUT2D eigenvalue weighted by Crippen LogP contribution is 2.09. The monoisotopic (exact) mass is 255 g/mol. The zero-order valence-electron chi connectivity index (χ0n) is 11.0. The summed E-state index contributed by atoms with van der Waals surface area (Å²) < 4.78 is 4.85. The average molecular weight is 255 g/mol. The predicted molar refractivity (Wildman–Crippen MR) is 67.7 cm³/mol. The van der Waals surface area contributed by atoms with Crippen LogP contribution in [-0.4, -0.2) is 18.5 Å². The highest BCUT2D eigenvalue weighted by molar-refractivity contribution is 5.81. The van der Waals surface area contributed by atoms with Crippen LogP contribution in [0, 0.1) is 0 Å². The molecule has 0 aliphatic heterocycles. The number of hydrogen-bond donors (Lipinski definition) is 0. The molecule has 0 aliphatic rings.